The normalized spacial score (nSPS) is 10.1. The summed E-state index contributed by atoms with van der Waals surface area (Å²) < 4.78 is 29.2. The molecule has 30 heavy (non-hydrogen) atoms. The van der Waals surface area contributed by atoms with Gasteiger partial charge in [-0.2, -0.15) is 0 Å². The summed E-state index contributed by atoms with van der Waals surface area (Å²) in [6, 6.07) is 9.72. The van der Waals surface area contributed by atoms with Crippen LogP contribution in [0.3, 0.4) is 0 Å². The Labute approximate surface area is 173 Å². The smallest absolute Gasteiger partial charge is 0.325 e. The van der Waals surface area contributed by atoms with Crippen LogP contribution in [-0.4, -0.2) is 37.7 Å². The first-order valence-corrected chi connectivity index (χ1v) is 9.32. The lowest BCUT2D eigenvalue weighted by Gasteiger charge is -2.13. The number of urea groups is 1. The third-order valence-corrected chi connectivity index (χ3v) is 3.71. The van der Waals surface area contributed by atoms with Gasteiger partial charge >= 0.3 is 12.0 Å². The highest BCUT2D eigenvalue weighted by Gasteiger charge is 2.14. The Kier molecular flexibility index (Phi) is 8.61. The zero-order valence-corrected chi connectivity index (χ0v) is 16.7. The molecule has 2 rings (SSSR count). The maximum Gasteiger partial charge on any atom is 0.325 e. The first kappa shape index (κ1) is 22.7. The highest BCUT2D eigenvalue weighted by atomic mass is 19.1. The van der Waals surface area contributed by atoms with Gasteiger partial charge in [-0.1, -0.05) is 18.2 Å². The number of imide groups is 1. The van der Waals surface area contributed by atoms with E-state index in [9.17, 15) is 18.8 Å². The number of halogens is 1. The van der Waals surface area contributed by atoms with Crippen LogP contribution >= 0.6 is 0 Å². The standard InChI is InChI=1S/C21H23FN2O6/c1-3-28-17-10-9-15(12-18(17)29-4-2)23-21(27)24-19(25)13-30-20(26)11-14-7-5-6-8-16(14)22/h5-10,12H,3-4,11,13H2,1-2H3,(H2,23,24,25,27). The number of anilines is 1. The lowest BCUT2D eigenvalue weighted by atomic mass is 10.1. The molecular formula is C21H23FN2O6. The lowest BCUT2D eigenvalue weighted by Crippen LogP contribution is -2.37. The number of hydrogen-bond donors (Lipinski definition) is 2. The second-order valence-electron chi connectivity index (χ2n) is 5.96. The van der Waals surface area contributed by atoms with E-state index in [-0.39, 0.29) is 12.0 Å². The minimum Gasteiger partial charge on any atom is -0.490 e. The van der Waals surface area contributed by atoms with Gasteiger partial charge < -0.3 is 19.5 Å². The van der Waals surface area contributed by atoms with E-state index in [1.807, 2.05) is 19.2 Å². The van der Waals surface area contributed by atoms with Gasteiger partial charge in [-0.15, -0.1) is 0 Å². The van der Waals surface area contributed by atoms with Gasteiger partial charge in [0.05, 0.1) is 19.6 Å². The van der Waals surface area contributed by atoms with E-state index in [1.165, 1.54) is 18.2 Å². The van der Waals surface area contributed by atoms with Gasteiger partial charge in [0.1, 0.15) is 5.82 Å². The number of carbonyl (C=O) groups is 3. The number of hydrogen-bond acceptors (Lipinski definition) is 6. The summed E-state index contributed by atoms with van der Waals surface area (Å²) in [5.41, 5.74) is 0.532. The van der Waals surface area contributed by atoms with Crippen LogP contribution in [0.1, 0.15) is 19.4 Å². The first-order valence-electron chi connectivity index (χ1n) is 9.32. The summed E-state index contributed by atoms with van der Waals surface area (Å²) in [6.45, 7) is 3.84. The predicted molar refractivity (Wildman–Crippen MR) is 107 cm³/mol. The minimum absolute atomic E-state index is 0.154. The third kappa shape index (κ3) is 7.08. The zero-order chi connectivity index (χ0) is 21.9. The minimum atomic E-state index is -0.828. The van der Waals surface area contributed by atoms with Gasteiger partial charge in [0.2, 0.25) is 0 Å². The molecule has 0 spiro atoms. The Bertz CT molecular complexity index is 903. The zero-order valence-electron chi connectivity index (χ0n) is 16.7. The number of carbonyl (C=O) groups excluding carboxylic acids is 3. The van der Waals surface area contributed by atoms with E-state index >= 15 is 0 Å². The topological polar surface area (TPSA) is 103 Å². The maximum atomic E-state index is 13.5. The van der Waals surface area contributed by atoms with Gasteiger partial charge in [-0.05, 0) is 37.6 Å². The summed E-state index contributed by atoms with van der Waals surface area (Å²) in [5.74, 6) is -1.18. The molecule has 0 aromatic heterocycles. The summed E-state index contributed by atoms with van der Waals surface area (Å²) in [7, 11) is 0. The molecule has 0 fully saturated rings. The third-order valence-electron chi connectivity index (χ3n) is 3.71. The van der Waals surface area contributed by atoms with Crippen LogP contribution in [0, 0.1) is 5.82 Å². The molecule has 0 unspecified atom stereocenters. The van der Waals surface area contributed by atoms with Crippen molar-refractivity contribution in [2.45, 2.75) is 20.3 Å². The summed E-state index contributed by atoms with van der Waals surface area (Å²) in [4.78, 5) is 35.5. The Morgan fingerprint density at radius 1 is 0.967 bits per heavy atom. The van der Waals surface area contributed by atoms with Crippen molar-refractivity contribution in [1.82, 2.24) is 5.32 Å². The van der Waals surface area contributed by atoms with Crippen molar-refractivity contribution in [1.29, 1.82) is 0 Å². The van der Waals surface area contributed by atoms with E-state index in [2.05, 4.69) is 5.32 Å². The van der Waals surface area contributed by atoms with Crippen molar-refractivity contribution >= 4 is 23.6 Å². The van der Waals surface area contributed by atoms with Gasteiger partial charge in [0.15, 0.2) is 18.1 Å². The molecule has 0 saturated carbocycles. The Balaban J connectivity index is 1.83. The lowest BCUT2D eigenvalue weighted by molar-refractivity contribution is -0.147. The summed E-state index contributed by atoms with van der Waals surface area (Å²) >= 11 is 0. The van der Waals surface area contributed by atoms with Gasteiger partial charge in [0, 0.05) is 11.8 Å². The van der Waals surface area contributed by atoms with Crippen LogP contribution in [-0.2, 0) is 20.7 Å². The number of rotatable bonds is 9. The van der Waals surface area contributed by atoms with Gasteiger partial charge in [-0.25, -0.2) is 9.18 Å². The first-order chi connectivity index (χ1) is 14.4. The highest BCUT2D eigenvalue weighted by Crippen LogP contribution is 2.30. The van der Waals surface area contributed by atoms with E-state index in [0.29, 0.717) is 30.4 Å². The fourth-order valence-electron chi connectivity index (χ4n) is 2.45. The van der Waals surface area contributed by atoms with Crippen LogP contribution in [0.2, 0.25) is 0 Å². The molecule has 160 valence electrons. The molecule has 3 amide bonds. The van der Waals surface area contributed by atoms with Crippen LogP contribution in [0.4, 0.5) is 14.9 Å². The average Bonchev–Trinajstić information content (AvgIpc) is 2.70. The number of nitrogens with one attached hydrogen (secondary N) is 2. The van der Waals surface area contributed by atoms with E-state index < -0.39 is 30.3 Å². The Morgan fingerprint density at radius 2 is 1.67 bits per heavy atom. The van der Waals surface area contributed by atoms with Crippen LogP contribution in [0.25, 0.3) is 0 Å². The molecule has 0 bridgehead atoms. The Hall–Kier alpha value is -3.62. The monoisotopic (exact) mass is 418 g/mol. The van der Waals surface area contributed by atoms with Crippen molar-refractivity contribution < 1.29 is 33.0 Å². The van der Waals surface area contributed by atoms with Crippen LogP contribution in [0.15, 0.2) is 42.5 Å². The van der Waals surface area contributed by atoms with Crippen molar-refractivity contribution in [3.8, 4) is 11.5 Å². The van der Waals surface area contributed by atoms with E-state index in [0.717, 1.165) is 0 Å². The molecule has 0 aliphatic rings. The number of ether oxygens (including phenoxy) is 3. The second-order valence-corrected chi connectivity index (χ2v) is 5.96. The van der Waals surface area contributed by atoms with Crippen molar-refractivity contribution in [2.24, 2.45) is 0 Å². The molecule has 2 aromatic rings. The average molecular weight is 418 g/mol. The molecule has 0 atom stereocenters. The quantitative estimate of drug-likeness (QED) is 0.607. The molecule has 2 aromatic carbocycles. The van der Waals surface area contributed by atoms with Crippen molar-refractivity contribution in [3.63, 3.8) is 0 Å². The van der Waals surface area contributed by atoms with Crippen LogP contribution in [0.5, 0.6) is 11.5 Å². The molecule has 0 saturated heterocycles. The molecule has 8 nitrogen and oxygen atoms in total. The van der Waals surface area contributed by atoms with Crippen LogP contribution < -0.4 is 20.1 Å². The second kappa shape index (κ2) is 11.4. The number of amides is 3. The van der Waals surface area contributed by atoms with Crippen molar-refractivity contribution in [3.05, 3.63) is 53.8 Å². The summed E-state index contributed by atoms with van der Waals surface area (Å²) in [6.07, 6.45) is -0.321. The molecular weight excluding hydrogens is 395 g/mol. The maximum absolute atomic E-state index is 13.5. The Morgan fingerprint density at radius 3 is 2.37 bits per heavy atom. The summed E-state index contributed by atoms with van der Waals surface area (Å²) in [5, 5.41) is 4.52. The molecule has 0 aliphatic heterocycles. The molecule has 0 aliphatic carbocycles. The van der Waals surface area contributed by atoms with Gasteiger partial charge in [0.25, 0.3) is 5.91 Å². The SMILES string of the molecule is CCOc1ccc(NC(=O)NC(=O)COC(=O)Cc2ccccc2F)cc1OCC. The largest absolute Gasteiger partial charge is 0.490 e. The molecule has 0 heterocycles. The van der Waals surface area contributed by atoms with E-state index in [1.54, 1.807) is 24.3 Å². The molecule has 9 heteroatoms. The predicted octanol–water partition coefficient (Wildman–Crippen LogP) is 3.06. The van der Waals surface area contributed by atoms with Crippen molar-refractivity contribution in [2.75, 3.05) is 25.1 Å². The van der Waals surface area contributed by atoms with E-state index in [4.69, 9.17) is 14.2 Å². The number of esters is 1. The highest BCUT2D eigenvalue weighted by molar-refractivity contribution is 6.02. The number of benzene rings is 2. The molecule has 0 radical (unpaired) electrons. The fraction of sp³-hybridized carbons (Fsp3) is 0.286. The van der Waals surface area contributed by atoms with Gasteiger partial charge in [-0.3, -0.25) is 14.9 Å². The molecule has 2 N–H and O–H groups in total. The fourth-order valence-corrected chi connectivity index (χ4v) is 2.45.